The third-order valence-electron chi connectivity index (χ3n) is 4.07. The van der Waals surface area contributed by atoms with E-state index in [4.69, 9.17) is 11.2 Å². The molecule has 2 heteroatoms. The van der Waals surface area contributed by atoms with Gasteiger partial charge in [-0.1, -0.05) is 13.8 Å². The van der Waals surface area contributed by atoms with Crippen LogP contribution in [-0.4, -0.2) is 24.4 Å². The number of aliphatic hydroxyl groups excluding tert-OH is 1. The smallest absolute Gasteiger partial charge is 0.0705 e. The van der Waals surface area contributed by atoms with E-state index in [1.54, 1.807) is 7.11 Å². The third-order valence-corrected chi connectivity index (χ3v) is 4.07. The van der Waals surface area contributed by atoms with Gasteiger partial charge in [-0.2, -0.15) is 0 Å². The lowest BCUT2D eigenvalue weighted by molar-refractivity contribution is 0.0369. The Hall–Kier alpha value is -0.520. The van der Waals surface area contributed by atoms with Crippen LogP contribution in [0.15, 0.2) is 0 Å². The maximum Gasteiger partial charge on any atom is 0.0705 e. The molecule has 2 nitrogen and oxygen atoms in total. The average molecular weight is 224 g/mol. The van der Waals surface area contributed by atoms with Gasteiger partial charge in [-0.15, -0.1) is 12.3 Å². The van der Waals surface area contributed by atoms with Crippen LogP contribution in [0, 0.1) is 36.0 Å². The van der Waals surface area contributed by atoms with Crippen molar-refractivity contribution in [3.05, 3.63) is 0 Å². The van der Waals surface area contributed by atoms with Crippen LogP contribution < -0.4 is 0 Å². The summed E-state index contributed by atoms with van der Waals surface area (Å²) in [7, 11) is 1.77. The zero-order valence-corrected chi connectivity index (χ0v) is 10.8. The van der Waals surface area contributed by atoms with E-state index < -0.39 is 0 Å². The van der Waals surface area contributed by atoms with Crippen molar-refractivity contribution in [3.8, 4) is 12.3 Å². The van der Waals surface area contributed by atoms with Crippen LogP contribution in [0.25, 0.3) is 0 Å². The number of ether oxygens (including phenoxy) is 1. The van der Waals surface area contributed by atoms with E-state index in [0.29, 0.717) is 23.9 Å². The van der Waals surface area contributed by atoms with Gasteiger partial charge in [0, 0.05) is 13.0 Å². The first kappa shape index (κ1) is 13.5. The van der Waals surface area contributed by atoms with Gasteiger partial charge in [-0.05, 0) is 37.5 Å². The zero-order chi connectivity index (χ0) is 12.3. The molecule has 0 aromatic carbocycles. The van der Waals surface area contributed by atoms with Crippen molar-refractivity contribution >= 4 is 0 Å². The minimum atomic E-state index is -0.341. The van der Waals surface area contributed by atoms with Gasteiger partial charge in [0.2, 0.25) is 0 Å². The van der Waals surface area contributed by atoms with Crippen LogP contribution >= 0.6 is 0 Å². The first-order valence-electron chi connectivity index (χ1n) is 6.23. The number of aliphatic hydroxyl groups is 1. The molecule has 1 aliphatic carbocycles. The molecule has 0 bridgehead atoms. The van der Waals surface area contributed by atoms with Gasteiger partial charge < -0.3 is 9.84 Å². The van der Waals surface area contributed by atoms with Gasteiger partial charge in [0.05, 0.1) is 12.2 Å². The first-order chi connectivity index (χ1) is 7.56. The molecule has 0 unspecified atom stereocenters. The number of hydrogen-bond acceptors (Lipinski definition) is 2. The summed E-state index contributed by atoms with van der Waals surface area (Å²) in [6.45, 7) is 6.27. The lowest BCUT2D eigenvalue weighted by Gasteiger charge is -2.22. The number of hydrogen-bond donors (Lipinski definition) is 1. The summed E-state index contributed by atoms with van der Waals surface area (Å²) in [6, 6.07) is 0. The summed E-state index contributed by atoms with van der Waals surface area (Å²) < 4.78 is 5.46. The lowest BCUT2D eigenvalue weighted by atomic mass is 9.92. The molecule has 0 aromatic rings. The molecule has 1 N–H and O–H groups in total. The maximum absolute atomic E-state index is 10.0. The molecular formula is C14H24O2. The van der Waals surface area contributed by atoms with Gasteiger partial charge >= 0.3 is 0 Å². The topological polar surface area (TPSA) is 29.5 Å². The largest absolute Gasteiger partial charge is 0.392 e. The van der Waals surface area contributed by atoms with Crippen molar-refractivity contribution in [1.82, 2.24) is 0 Å². The van der Waals surface area contributed by atoms with Crippen molar-refractivity contribution in [3.63, 3.8) is 0 Å². The Morgan fingerprint density at radius 2 is 2.06 bits per heavy atom. The van der Waals surface area contributed by atoms with Gasteiger partial charge in [0.15, 0.2) is 0 Å². The SMILES string of the molecule is C#C[C@@H](C)[C@H](O)[C@@H]1C[C@H]1[C@H](C)[C@H](CC)OC. The van der Waals surface area contributed by atoms with Gasteiger partial charge in [-0.3, -0.25) is 0 Å². The van der Waals surface area contributed by atoms with Crippen LogP contribution in [-0.2, 0) is 4.74 Å². The second-order valence-corrected chi connectivity index (χ2v) is 5.05. The van der Waals surface area contributed by atoms with Crippen molar-refractivity contribution in [2.24, 2.45) is 23.7 Å². The Kier molecular flexibility index (Phi) is 4.83. The van der Waals surface area contributed by atoms with E-state index in [1.807, 2.05) is 6.92 Å². The molecule has 1 aliphatic rings. The second kappa shape index (κ2) is 5.70. The maximum atomic E-state index is 10.0. The van der Waals surface area contributed by atoms with Gasteiger partial charge in [-0.25, -0.2) is 0 Å². The predicted molar refractivity (Wildman–Crippen MR) is 65.9 cm³/mol. The van der Waals surface area contributed by atoms with Crippen molar-refractivity contribution in [2.75, 3.05) is 7.11 Å². The molecule has 0 radical (unpaired) electrons. The molecule has 1 rings (SSSR count). The Bertz CT molecular complexity index is 252. The summed E-state index contributed by atoms with van der Waals surface area (Å²) in [5.74, 6) is 4.06. The molecule has 1 fully saturated rings. The van der Waals surface area contributed by atoms with E-state index >= 15 is 0 Å². The molecule has 1 saturated carbocycles. The fourth-order valence-electron chi connectivity index (χ4n) is 2.73. The third kappa shape index (κ3) is 2.78. The quantitative estimate of drug-likeness (QED) is 0.702. The molecule has 0 amide bonds. The number of methoxy groups -OCH3 is 1. The highest BCUT2D eigenvalue weighted by Gasteiger charge is 2.48. The second-order valence-electron chi connectivity index (χ2n) is 5.05. The highest BCUT2D eigenvalue weighted by molar-refractivity contribution is 5.03. The minimum Gasteiger partial charge on any atom is -0.392 e. The zero-order valence-electron chi connectivity index (χ0n) is 10.8. The van der Waals surface area contributed by atoms with Crippen LogP contribution in [0.2, 0.25) is 0 Å². The Morgan fingerprint density at radius 1 is 1.44 bits per heavy atom. The molecule has 92 valence electrons. The van der Waals surface area contributed by atoms with E-state index in [1.165, 1.54) is 0 Å². The summed E-state index contributed by atoms with van der Waals surface area (Å²) in [4.78, 5) is 0. The van der Waals surface area contributed by atoms with Crippen LogP contribution in [0.1, 0.15) is 33.6 Å². The van der Waals surface area contributed by atoms with Crippen LogP contribution in [0.5, 0.6) is 0 Å². The normalized spacial score (nSPS) is 31.2. The Labute approximate surface area is 99.4 Å². The Morgan fingerprint density at radius 3 is 2.50 bits per heavy atom. The summed E-state index contributed by atoms with van der Waals surface area (Å²) in [5.41, 5.74) is 0. The van der Waals surface area contributed by atoms with E-state index in [0.717, 1.165) is 12.8 Å². The lowest BCUT2D eigenvalue weighted by Crippen LogP contribution is -2.25. The van der Waals surface area contributed by atoms with Gasteiger partial charge in [0.1, 0.15) is 0 Å². The van der Waals surface area contributed by atoms with Crippen molar-refractivity contribution in [1.29, 1.82) is 0 Å². The summed E-state index contributed by atoms with van der Waals surface area (Å²) in [6.07, 6.45) is 7.43. The summed E-state index contributed by atoms with van der Waals surface area (Å²) in [5, 5.41) is 10.0. The van der Waals surface area contributed by atoms with E-state index in [9.17, 15) is 5.11 Å². The monoisotopic (exact) mass is 224 g/mol. The van der Waals surface area contributed by atoms with E-state index in [2.05, 4.69) is 19.8 Å². The van der Waals surface area contributed by atoms with E-state index in [-0.39, 0.29) is 12.0 Å². The predicted octanol–water partition coefficient (Wildman–Crippen LogP) is 2.31. The fourth-order valence-corrected chi connectivity index (χ4v) is 2.73. The summed E-state index contributed by atoms with van der Waals surface area (Å²) >= 11 is 0. The number of terminal acetylenes is 1. The average Bonchev–Trinajstić information content (AvgIpc) is 3.08. The molecule has 6 atom stereocenters. The molecule has 0 spiro atoms. The molecule has 0 saturated heterocycles. The number of rotatable bonds is 6. The molecular weight excluding hydrogens is 200 g/mol. The van der Waals surface area contributed by atoms with Crippen molar-refractivity contribution in [2.45, 2.75) is 45.8 Å². The van der Waals surface area contributed by atoms with Gasteiger partial charge in [0.25, 0.3) is 0 Å². The van der Waals surface area contributed by atoms with Crippen molar-refractivity contribution < 1.29 is 9.84 Å². The molecule has 16 heavy (non-hydrogen) atoms. The van der Waals surface area contributed by atoms with Crippen LogP contribution in [0.3, 0.4) is 0 Å². The highest BCUT2D eigenvalue weighted by atomic mass is 16.5. The first-order valence-corrected chi connectivity index (χ1v) is 6.23. The minimum absolute atomic E-state index is 0.0372. The highest BCUT2D eigenvalue weighted by Crippen LogP contribution is 2.49. The Balaban J connectivity index is 2.47. The fraction of sp³-hybridized carbons (Fsp3) is 0.857. The standard InChI is InChI=1S/C14H24O2/c1-6-9(3)14(15)12-8-11(12)10(4)13(7-2)16-5/h1,9-15H,7-8H2,2-5H3/t9-,10+,11+,12-,13+,14+/m1/s1. The van der Waals surface area contributed by atoms with Crippen LogP contribution in [0.4, 0.5) is 0 Å². The molecule has 0 aromatic heterocycles. The molecule has 0 heterocycles. The molecule has 0 aliphatic heterocycles.